The molecule has 156 valence electrons. The van der Waals surface area contributed by atoms with Gasteiger partial charge in [0, 0.05) is 36.0 Å². The zero-order chi connectivity index (χ0) is 21.2. The summed E-state index contributed by atoms with van der Waals surface area (Å²) in [6.45, 7) is 2.88. The molecular formula is C25H24N4O2. The zero-order valence-electron chi connectivity index (χ0n) is 17.5. The number of anilines is 1. The normalized spacial score (nSPS) is 13.1. The number of carbonyl (C=O) groups is 1. The van der Waals surface area contributed by atoms with Crippen molar-refractivity contribution in [3.8, 4) is 22.7 Å². The van der Waals surface area contributed by atoms with Crippen molar-refractivity contribution in [1.82, 2.24) is 14.5 Å². The van der Waals surface area contributed by atoms with E-state index < -0.39 is 0 Å². The summed E-state index contributed by atoms with van der Waals surface area (Å²) < 4.78 is 8.00. The molecule has 6 heteroatoms. The van der Waals surface area contributed by atoms with E-state index in [0.29, 0.717) is 17.3 Å². The second-order valence-electron chi connectivity index (χ2n) is 7.88. The van der Waals surface area contributed by atoms with Gasteiger partial charge in [0.2, 0.25) is 11.8 Å². The van der Waals surface area contributed by atoms with E-state index in [1.54, 1.807) is 0 Å². The van der Waals surface area contributed by atoms with Gasteiger partial charge in [-0.25, -0.2) is 9.97 Å². The third-order valence-electron chi connectivity index (χ3n) is 5.61. The molecule has 0 aliphatic carbocycles. The predicted octanol–water partition coefficient (Wildman–Crippen LogP) is 5.03. The van der Waals surface area contributed by atoms with Crippen LogP contribution in [0, 0.1) is 6.92 Å². The second kappa shape index (κ2) is 8.22. The molecular weight excluding hydrogens is 388 g/mol. The Hall–Kier alpha value is -3.67. The van der Waals surface area contributed by atoms with Gasteiger partial charge in [0.25, 0.3) is 0 Å². The molecule has 0 fully saturated rings. The largest absolute Gasteiger partial charge is 0.441 e. The molecule has 0 bridgehead atoms. The standard InChI is InChI=1S/C25H24N4O2/c1-17-21(28-25(31-17)19-7-3-2-4-8-19)15-24(30)26-20-12-10-18(11-13-20)22-16-29-14-6-5-9-23(29)27-22/h2-4,7-8,10-13,16H,5-6,9,14-15H2,1H3,(H,26,30). The zero-order valence-corrected chi connectivity index (χ0v) is 17.5. The number of imidazole rings is 1. The minimum atomic E-state index is -0.124. The third kappa shape index (κ3) is 4.14. The molecule has 6 nitrogen and oxygen atoms in total. The lowest BCUT2D eigenvalue weighted by atomic mass is 10.1. The average Bonchev–Trinajstić information content (AvgIpc) is 3.38. The maximum Gasteiger partial charge on any atom is 0.230 e. The Bertz CT molecular complexity index is 1180. The number of aryl methyl sites for hydroxylation is 3. The lowest BCUT2D eigenvalue weighted by Crippen LogP contribution is -2.15. The maximum absolute atomic E-state index is 12.6. The number of benzene rings is 2. The topological polar surface area (TPSA) is 73.0 Å². The quantitative estimate of drug-likeness (QED) is 0.499. The van der Waals surface area contributed by atoms with Crippen LogP contribution in [-0.4, -0.2) is 20.4 Å². The fraction of sp³-hybridized carbons (Fsp3) is 0.240. The Kier molecular flexibility index (Phi) is 5.12. The minimum Gasteiger partial charge on any atom is -0.441 e. The highest BCUT2D eigenvalue weighted by atomic mass is 16.4. The van der Waals surface area contributed by atoms with E-state index in [0.717, 1.165) is 41.3 Å². The molecule has 1 amide bonds. The monoisotopic (exact) mass is 412 g/mol. The summed E-state index contributed by atoms with van der Waals surface area (Å²) in [7, 11) is 0. The van der Waals surface area contributed by atoms with Crippen LogP contribution in [-0.2, 0) is 24.2 Å². The first kappa shape index (κ1) is 19.3. The summed E-state index contributed by atoms with van der Waals surface area (Å²) in [6.07, 6.45) is 5.75. The molecule has 0 spiro atoms. The van der Waals surface area contributed by atoms with Crippen molar-refractivity contribution in [3.05, 3.63) is 78.1 Å². The highest BCUT2D eigenvalue weighted by Crippen LogP contribution is 2.25. The lowest BCUT2D eigenvalue weighted by Gasteiger charge is -2.11. The van der Waals surface area contributed by atoms with Crippen LogP contribution in [0.4, 0.5) is 5.69 Å². The SMILES string of the molecule is Cc1oc(-c2ccccc2)nc1CC(=O)Nc1ccc(-c2cn3c(n2)CCCC3)cc1. The van der Waals surface area contributed by atoms with Gasteiger partial charge < -0.3 is 14.3 Å². The first-order valence-electron chi connectivity index (χ1n) is 10.6. The predicted molar refractivity (Wildman–Crippen MR) is 120 cm³/mol. The van der Waals surface area contributed by atoms with Crippen LogP contribution >= 0.6 is 0 Å². The van der Waals surface area contributed by atoms with Crippen LogP contribution in [0.25, 0.3) is 22.7 Å². The van der Waals surface area contributed by atoms with Gasteiger partial charge in [-0.15, -0.1) is 0 Å². The molecule has 1 aliphatic heterocycles. The van der Waals surface area contributed by atoms with Gasteiger partial charge in [-0.3, -0.25) is 4.79 Å². The number of carbonyl (C=O) groups excluding carboxylic acids is 1. The van der Waals surface area contributed by atoms with Crippen LogP contribution in [0.15, 0.2) is 65.2 Å². The fourth-order valence-corrected chi connectivity index (χ4v) is 3.93. The molecule has 0 saturated heterocycles. The summed E-state index contributed by atoms with van der Waals surface area (Å²) in [5, 5.41) is 2.95. The number of fused-ring (bicyclic) bond motifs is 1. The number of oxazole rings is 1. The van der Waals surface area contributed by atoms with Crippen LogP contribution in [0.5, 0.6) is 0 Å². The highest BCUT2D eigenvalue weighted by Gasteiger charge is 2.16. The van der Waals surface area contributed by atoms with Crippen molar-refractivity contribution in [2.24, 2.45) is 0 Å². The van der Waals surface area contributed by atoms with Gasteiger partial charge in [0.15, 0.2) is 0 Å². The smallest absolute Gasteiger partial charge is 0.230 e. The molecule has 0 atom stereocenters. The number of nitrogens with one attached hydrogen (secondary N) is 1. The summed E-state index contributed by atoms with van der Waals surface area (Å²) in [4.78, 5) is 21.8. The first-order valence-corrected chi connectivity index (χ1v) is 10.6. The van der Waals surface area contributed by atoms with E-state index in [1.807, 2.05) is 61.5 Å². The van der Waals surface area contributed by atoms with Gasteiger partial charge in [-0.05, 0) is 44.0 Å². The van der Waals surface area contributed by atoms with E-state index in [-0.39, 0.29) is 12.3 Å². The molecule has 31 heavy (non-hydrogen) atoms. The Morgan fingerprint density at radius 1 is 1.03 bits per heavy atom. The number of nitrogens with zero attached hydrogens (tertiary/aromatic N) is 3. The molecule has 1 aliphatic rings. The van der Waals surface area contributed by atoms with Gasteiger partial charge in [0.1, 0.15) is 11.6 Å². The number of amides is 1. The molecule has 4 aromatic rings. The molecule has 0 radical (unpaired) electrons. The summed E-state index contributed by atoms with van der Waals surface area (Å²) in [6, 6.07) is 17.5. The van der Waals surface area contributed by atoms with Crippen LogP contribution in [0.2, 0.25) is 0 Å². The van der Waals surface area contributed by atoms with Gasteiger partial charge >= 0.3 is 0 Å². The van der Waals surface area contributed by atoms with Crippen molar-refractivity contribution in [2.75, 3.05) is 5.32 Å². The molecule has 0 saturated carbocycles. The maximum atomic E-state index is 12.6. The Morgan fingerprint density at radius 2 is 1.84 bits per heavy atom. The van der Waals surface area contributed by atoms with Crippen LogP contribution in [0.3, 0.4) is 0 Å². The van der Waals surface area contributed by atoms with Crippen molar-refractivity contribution < 1.29 is 9.21 Å². The van der Waals surface area contributed by atoms with E-state index in [1.165, 1.54) is 12.8 Å². The first-order chi connectivity index (χ1) is 15.2. The van der Waals surface area contributed by atoms with Crippen molar-refractivity contribution >= 4 is 11.6 Å². The average molecular weight is 412 g/mol. The van der Waals surface area contributed by atoms with Crippen molar-refractivity contribution in [1.29, 1.82) is 0 Å². The van der Waals surface area contributed by atoms with Crippen molar-refractivity contribution in [3.63, 3.8) is 0 Å². The summed E-state index contributed by atoms with van der Waals surface area (Å²) in [5.41, 5.74) is 4.34. The Morgan fingerprint density at radius 3 is 2.61 bits per heavy atom. The highest BCUT2D eigenvalue weighted by molar-refractivity contribution is 5.92. The van der Waals surface area contributed by atoms with Gasteiger partial charge in [-0.1, -0.05) is 30.3 Å². The number of hydrogen-bond donors (Lipinski definition) is 1. The summed E-state index contributed by atoms with van der Waals surface area (Å²) in [5.74, 6) is 2.24. The van der Waals surface area contributed by atoms with Crippen LogP contribution in [0.1, 0.15) is 30.1 Å². The van der Waals surface area contributed by atoms with E-state index in [4.69, 9.17) is 9.40 Å². The lowest BCUT2D eigenvalue weighted by molar-refractivity contribution is -0.115. The Labute approximate surface area is 181 Å². The molecule has 5 rings (SSSR count). The van der Waals surface area contributed by atoms with E-state index >= 15 is 0 Å². The van der Waals surface area contributed by atoms with E-state index in [9.17, 15) is 4.79 Å². The fourth-order valence-electron chi connectivity index (χ4n) is 3.93. The minimum absolute atomic E-state index is 0.124. The number of rotatable bonds is 5. The molecule has 1 N–H and O–H groups in total. The molecule has 2 aromatic carbocycles. The van der Waals surface area contributed by atoms with Gasteiger partial charge in [0.05, 0.1) is 17.8 Å². The van der Waals surface area contributed by atoms with Crippen molar-refractivity contribution in [2.45, 2.75) is 39.2 Å². The van der Waals surface area contributed by atoms with E-state index in [2.05, 4.69) is 21.1 Å². The molecule has 3 heterocycles. The summed E-state index contributed by atoms with van der Waals surface area (Å²) >= 11 is 0. The number of aromatic nitrogens is 3. The molecule has 0 unspecified atom stereocenters. The van der Waals surface area contributed by atoms with Crippen LogP contribution < -0.4 is 5.32 Å². The number of hydrogen-bond acceptors (Lipinski definition) is 4. The molecule has 2 aromatic heterocycles. The Balaban J connectivity index is 1.25. The van der Waals surface area contributed by atoms with Gasteiger partial charge in [-0.2, -0.15) is 0 Å². The third-order valence-corrected chi connectivity index (χ3v) is 5.61. The second-order valence-corrected chi connectivity index (χ2v) is 7.88.